The third kappa shape index (κ3) is 1.68. The van der Waals surface area contributed by atoms with Crippen LogP contribution in [0.5, 0.6) is 0 Å². The van der Waals surface area contributed by atoms with Crippen LogP contribution in [0.2, 0.25) is 0 Å². The summed E-state index contributed by atoms with van der Waals surface area (Å²) in [6.07, 6.45) is 6.72. The van der Waals surface area contributed by atoms with Gasteiger partial charge < -0.3 is 23.7 Å². The number of hydrogen-bond donors (Lipinski definition) is 0. The van der Waals surface area contributed by atoms with E-state index < -0.39 is 24.2 Å². The zero-order chi connectivity index (χ0) is 16.9. The Labute approximate surface area is 145 Å². The Balaban J connectivity index is 1.20. The van der Waals surface area contributed by atoms with E-state index in [1.165, 1.54) is 0 Å². The topological polar surface area (TPSA) is 80.3 Å². The van der Waals surface area contributed by atoms with Crippen LogP contribution in [-0.4, -0.2) is 36.1 Å². The summed E-state index contributed by atoms with van der Waals surface area (Å²) >= 11 is 0. The molecule has 6 aliphatic rings. The molecule has 2 saturated carbocycles. The predicted octanol–water partition coefficient (Wildman–Crippen LogP) is 2.12. The van der Waals surface area contributed by atoms with Gasteiger partial charge in [-0.15, -0.1) is 0 Å². The first kappa shape index (κ1) is 14.9. The lowest BCUT2D eigenvalue weighted by molar-refractivity contribution is -0.317. The zero-order valence-electron chi connectivity index (χ0n) is 14.1. The van der Waals surface area contributed by atoms with E-state index in [0.29, 0.717) is 25.7 Å². The summed E-state index contributed by atoms with van der Waals surface area (Å²) in [5.74, 6) is -1.90. The van der Waals surface area contributed by atoms with Gasteiger partial charge in [0.2, 0.25) is 11.6 Å². The molecule has 0 aromatic heterocycles. The Morgan fingerprint density at radius 3 is 1.68 bits per heavy atom. The zero-order valence-corrected chi connectivity index (χ0v) is 14.1. The van der Waals surface area contributed by atoms with E-state index in [2.05, 4.69) is 0 Å². The van der Waals surface area contributed by atoms with E-state index >= 15 is 0 Å². The standard InChI is InChI=1S/C18H22O7/c19-11-7-15-3-1-5-17(15,22-11)24-13(9-15)21-14-10-16-4-2-6-18(16,25-14)23-12(20)8-16/h13-14H,1-10H2/t13-,14-,15-,16-,17+,18+/m1/s1. The molecule has 0 aromatic carbocycles. The number of hydrogen-bond acceptors (Lipinski definition) is 7. The Hall–Kier alpha value is -1.18. The normalized spacial score (nSPS) is 55.7. The van der Waals surface area contributed by atoms with Crippen molar-refractivity contribution >= 4 is 11.9 Å². The smallest absolute Gasteiger partial charge is 0.309 e. The van der Waals surface area contributed by atoms with E-state index in [0.717, 1.165) is 38.5 Å². The molecule has 6 fully saturated rings. The monoisotopic (exact) mass is 350 g/mol. The van der Waals surface area contributed by atoms with Gasteiger partial charge in [-0.1, -0.05) is 0 Å². The summed E-state index contributed by atoms with van der Waals surface area (Å²) in [5.41, 5.74) is -0.468. The lowest BCUT2D eigenvalue weighted by Crippen LogP contribution is -2.37. The van der Waals surface area contributed by atoms with Crippen molar-refractivity contribution in [2.75, 3.05) is 0 Å². The second-order valence-electron chi connectivity index (χ2n) is 8.71. The van der Waals surface area contributed by atoms with Gasteiger partial charge in [-0.05, 0) is 25.7 Å². The molecule has 25 heavy (non-hydrogen) atoms. The predicted molar refractivity (Wildman–Crippen MR) is 79.5 cm³/mol. The van der Waals surface area contributed by atoms with Gasteiger partial charge in [0.1, 0.15) is 0 Å². The summed E-state index contributed by atoms with van der Waals surface area (Å²) in [4.78, 5) is 23.6. The molecule has 0 N–H and O–H groups in total. The van der Waals surface area contributed by atoms with Gasteiger partial charge in [-0.2, -0.15) is 0 Å². The fourth-order valence-corrected chi connectivity index (χ4v) is 6.53. The first-order chi connectivity index (χ1) is 12.0. The van der Waals surface area contributed by atoms with Crippen LogP contribution >= 0.6 is 0 Å². The summed E-state index contributed by atoms with van der Waals surface area (Å²) in [5, 5.41) is 0. The molecule has 4 aliphatic heterocycles. The van der Waals surface area contributed by atoms with E-state index in [9.17, 15) is 9.59 Å². The summed E-state index contributed by atoms with van der Waals surface area (Å²) in [6.45, 7) is 0. The molecule has 0 radical (unpaired) electrons. The molecule has 0 aromatic rings. The maximum atomic E-state index is 11.8. The Bertz CT molecular complexity index is 574. The summed E-state index contributed by atoms with van der Waals surface area (Å²) < 4.78 is 29.6. The molecule has 0 spiro atoms. The maximum absolute atomic E-state index is 11.8. The fourth-order valence-electron chi connectivity index (χ4n) is 6.53. The molecule has 6 atom stereocenters. The third-order valence-corrected chi connectivity index (χ3v) is 7.52. The van der Waals surface area contributed by atoms with Gasteiger partial charge in [0.25, 0.3) is 0 Å². The molecule has 4 saturated heterocycles. The minimum atomic E-state index is -0.790. The Kier molecular flexibility index (Phi) is 2.61. The highest BCUT2D eigenvalue weighted by Crippen LogP contribution is 2.66. The van der Waals surface area contributed by atoms with Crippen LogP contribution in [0.3, 0.4) is 0 Å². The van der Waals surface area contributed by atoms with Crippen LogP contribution in [0, 0.1) is 10.8 Å². The average Bonchev–Trinajstić information content (AvgIpc) is 3.18. The number of carbonyl (C=O) groups is 2. The van der Waals surface area contributed by atoms with Crippen LogP contribution in [-0.2, 0) is 33.3 Å². The average molecular weight is 350 g/mol. The first-order valence-electron chi connectivity index (χ1n) is 9.43. The quantitative estimate of drug-likeness (QED) is 0.706. The minimum Gasteiger partial charge on any atom is -0.432 e. The Morgan fingerprint density at radius 2 is 1.24 bits per heavy atom. The molecule has 4 heterocycles. The third-order valence-electron chi connectivity index (χ3n) is 7.52. The van der Waals surface area contributed by atoms with E-state index in [1.54, 1.807) is 0 Å². The first-order valence-corrected chi connectivity index (χ1v) is 9.43. The SMILES string of the molecule is O=C1C[C@@]23CCC[C@]2(O1)O[C@@H](O[C@H]1C[C@]24CCC[C@]2(OC(=O)C4)O1)C3. The van der Waals surface area contributed by atoms with Crippen molar-refractivity contribution in [3.8, 4) is 0 Å². The van der Waals surface area contributed by atoms with Crippen LogP contribution in [0.15, 0.2) is 0 Å². The van der Waals surface area contributed by atoms with Crippen molar-refractivity contribution in [1.29, 1.82) is 0 Å². The lowest BCUT2D eigenvalue weighted by Gasteiger charge is -2.29. The second-order valence-corrected chi connectivity index (χ2v) is 8.71. The van der Waals surface area contributed by atoms with Crippen molar-refractivity contribution in [2.45, 2.75) is 88.4 Å². The van der Waals surface area contributed by atoms with Crippen LogP contribution in [0.4, 0.5) is 0 Å². The van der Waals surface area contributed by atoms with Crippen molar-refractivity contribution < 1.29 is 33.3 Å². The van der Waals surface area contributed by atoms with Gasteiger partial charge in [0.05, 0.1) is 23.7 Å². The minimum absolute atomic E-state index is 0.163. The van der Waals surface area contributed by atoms with Gasteiger partial charge in [-0.25, -0.2) is 0 Å². The van der Waals surface area contributed by atoms with Crippen molar-refractivity contribution in [2.24, 2.45) is 10.8 Å². The number of rotatable bonds is 2. The van der Waals surface area contributed by atoms with E-state index in [4.69, 9.17) is 23.7 Å². The highest BCUT2D eigenvalue weighted by molar-refractivity contribution is 5.74. The van der Waals surface area contributed by atoms with Gasteiger partial charge in [0, 0.05) is 25.7 Å². The van der Waals surface area contributed by atoms with Crippen LogP contribution in [0.1, 0.15) is 64.2 Å². The molecule has 7 heteroatoms. The summed E-state index contributed by atoms with van der Waals surface area (Å²) in [6, 6.07) is 0. The highest BCUT2D eigenvalue weighted by atomic mass is 16.9. The number of carbonyl (C=O) groups excluding carboxylic acids is 2. The van der Waals surface area contributed by atoms with Crippen molar-refractivity contribution in [3.63, 3.8) is 0 Å². The second kappa shape index (κ2) is 4.38. The molecule has 0 unspecified atom stereocenters. The van der Waals surface area contributed by atoms with Gasteiger partial charge in [-0.3, -0.25) is 9.59 Å². The molecule has 136 valence electrons. The number of ether oxygens (including phenoxy) is 5. The molecule has 2 aliphatic carbocycles. The van der Waals surface area contributed by atoms with Crippen LogP contribution < -0.4 is 0 Å². The van der Waals surface area contributed by atoms with Crippen molar-refractivity contribution in [1.82, 2.24) is 0 Å². The van der Waals surface area contributed by atoms with Crippen molar-refractivity contribution in [3.05, 3.63) is 0 Å². The maximum Gasteiger partial charge on any atom is 0.309 e. The van der Waals surface area contributed by atoms with Crippen LogP contribution in [0.25, 0.3) is 0 Å². The summed E-state index contributed by atoms with van der Waals surface area (Å²) in [7, 11) is 0. The lowest BCUT2D eigenvalue weighted by atomic mass is 9.79. The molecule has 0 amide bonds. The fraction of sp³-hybridized carbons (Fsp3) is 0.889. The van der Waals surface area contributed by atoms with Gasteiger partial charge in [0.15, 0.2) is 12.6 Å². The molecule has 7 nitrogen and oxygen atoms in total. The highest BCUT2D eigenvalue weighted by Gasteiger charge is 2.72. The molecule has 0 bridgehead atoms. The largest absolute Gasteiger partial charge is 0.432 e. The van der Waals surface area contributed by atoms with E-state index in [1.807, 2.05) is 0 Å². The number of esters is 2. The molecular formula is C18H22O7. The van der Waals surface area contributed by atoms with Gasteiger partial charge >= 0.3 is 11.9 Å². The molecule has 6 rings (SSSR count). The van der Waals surface area contributed by atoms with E-state index in [-0.39, 0.29) is 22.8 Å². The Morgan fingerprint density at radius 1 is 0.760 bits per heavy atom. The molecular weight excluding hydrogens is 328 g/mol.